The molecule has 1 aliphatic heterocycles. The van der Waals surface area contributed by atoms with Gasteiger partial charge in [-0.05, 0) is 47.5 Å². The third kappa shape index (κ3) is 3.95. The van der Waals surface area contributed by atoms with E-state index in [-0.39, 0.29) is 30.0 Å². The zero-order valence-electron chi connectivity index (χ0n) is 14.5. The average molecular weight is 410 g/mol. The van der Waals surface area contributed by atoms with E-state index >= 15 is 0 Å². The molecular formula is C19H14N4O3S2. The summed E-state index contributed by atoms with van der Waals surface area (Å²) in [5, 5.41) is 4.30. The van der Waals surface area contributed by atoms with E-state index in [4.69, 9.17) is 0 Å². The van der Waals surface area contributed by atoms with E-state index in [1.54, 1.807) is 36.7 Å². The number of benzene rings is 1. The van der Waals surface area contributed by atoms with Crippen LogP contribution in [-0.4, -0.2) is 38.5 Å². The number of thiophene rings is 1. The lowest BCUT2D eigenvalue weighted by molar-refractivity contribution is -0.123. The SMILES string of the molecule is O=C(CCN1C(=O)S/C(=C\c2cccs2)C1=O)Nc1ccc2nccnc2c1. The summed E-state index contributed by atoms with van der Waals surface area (Å²) in [7, 11) is 0. The van der Waals surface area contributed by atoms with Crippen molar-refractivity contribution in [3.63, 3.8) is 0 Å². The molecule has 1 aromatic carbocycles. The highest BCUT2D eigenvalue weighted by Gasteiger charge is 2.35. The van der Waals surface area contributed by atoms with Crippen molar-refractivity contribution in [2.24, 2.45) is 0 Å². The summed E-state index contributed by atoms with van der Waals surface area (Å²) in [5.74, 6) is -0.651. The summed E-state index contributed by atoms with van der Waals surface area (Å²) in [6.45, 7) is 0.0334. The van der Waals surface area contributed by atoms with Gasteiger partial charge in [-0.25, -0.2) is 0 Å². The molecule has 1 N–H and O–H groups in total. The molecule has 3 amide bonds. The Bertz CT molecular complexity index is 1100. The highest BCUT2D eigenvalue weighted by molar-refractivity contribution is 8.18. The fraction of sp³-hybridized carbons (Fsp3) is 0.105. The van der Waals surface area contributed by atoms with Crippen LogP contribution in [0.3, 0.4) is 0 Å². The van der Waals surface area contributed by atoms with Gasteiger partial charge < -0.3 is 5.32 Å². The molecule has 0 atom stereocenters. The Morgan fingerprint density at radius 2 is 1.96 bits per heavy atom. The van der Waals surface area contributed by atoms with Crippen molar-refractivity contribution < 1.29 is 14.4 Å². The van der Waals surface area contributed by atoms with Gasteiger partial charge in [0.05, 0.1) is 15.9 Å². The summed E-state index contributed by atoms with van der Waals surface area (Å²) in [4.78, 5) is 47.6. The maximum atomic E-state index is 12.4. The molecule has 0 unspecified atom stereocenters. The van der Waals surface area contributed by atoms with E-state index in [0.717, 1.165) is 27.1 Å². The van der Waals surface area contributed by atoms with E-state index in [0.29, 0.717) is 16.1 Å². The lowest BCUT2D eigenvalue weighted by Crippen LogP contribution is -2.31. The second-order valence-electron chi connectivity index (χ2n) is 5.91. The smallest absolute Gasteiger partial charge is 0.293 e. The van der Waals surface area contributed by atoms with E-state index < -0.39 is 0 Å². The standard InChI is InChI=1S/C19H14N4O3S2/c24-17(22-12-3-4-14-15(10-12)21-7-6-20-14)5-8-23-18(25)16(28-19(23)26)11-13-2-1-9-27-13/h1-4,6-7,9-11H,5,8H2,(H,22,24)/b16-11-. The normalized spacial score (nSPS) is 15.6. The number of carbonyl (C=O) groups is 3. The van der Waals surface area contributed by atoms with Crippen molar-refractivity contribution >= 4 is 62.9 Å². The minimum atomic E-state index is -0.364. The van der Waals surface area contributed by atoms with Crippen LogP contribution in [0.2, 0.25) is 0 Å². The Kier molecular flexibility index (Phi) is 5.18. The van der Waals surface area contributed by atoms with Crippen LogP contribution in [0, 0.1) is 0 Å². The number of hydrogen-bond donors (Lipinski definition) is 1. The Balaban J connectivity index is 1.37. The third-order valence-electron chi connectivity index (χ3n) is 4.01. The molecule has 0 radical (unpaired) electrons. The van der Waals surface area contributed by atoms with Crippen molar-refractivity contribution in [3.8, 4) is 0 Å². The lowest BCUT2D eigenvalue weighted by atomic mass is 10.2. The van der Waals surface area contributed by atoms with Crippen LogP contribution in [0.4, 0.5) is 10.5 Å². The first kappa shape index (κ1) is 18.3. The van der Waals surface area contributed by atoms with E-state index in [2.05, 4.69) is 15.3 Å². The van der Waals surface area contributed by atoms with Gasteiger partial charge in [-0.3, -0.25) is 29.3 Å². The van der Waals surface area contributed by atoms with Crippen LogP contribution in [0.5, 0.6) is 0 Å². The fourth-order valence-corrected chi connectivity index (χ4v) is 4.26. The van der Waals surface area contributed by atoms with Crippen LogP contribution >= 0.6 is 23.1 Å². The lowest BCUT2D eigenvalue weighted by Gasteiger charge is -2.12. The molecular weight excluding hydrogens is 396 g/mol. The number of nitrogens with one attached hydrogen (secondary N) is 1. The summed E-state index contributed by atoms with van der Waals surface area (Å²) < 4.78 is 0. The molecule has 0 bridgehead atoms. The summed E-state index contributed by atoms with van der Waals surface area (Å²) >= 11 is 2.38. The molecule has 1 saturated heterocycles. The predicted octanol–water partition coefficient (Wildman–Crippen LogP) is 3.76. The summed E-state index contributed by atoms with van der Waals surface area (Å²) in [6, 6.07) is 8.98. The van der Waals surface area contributed by atoms with Crippen LogP contribution in [0.1, 0.15) is 11.3 Å². The Hall–Kier alpha value is -3.04. The maximum Gasteiger partial charge on any atom is 0.293 e. The zero-order valence-corrected chi connectivity index (χ0v) is 16.1. The number of imide groups is 1. The molecule has 0 aliphatic carbocycles. The molecule has 3 heterocycles. The largest absolute Gasteiger partial charge is 0.326 e. The molecule has 28 heavy (non-hydrogen) atoms. The van der Waals surface area contributed by atoms with Gasteiger partial charge in [0.15, 0.2) is 0 Å². The minimum absolute atomic E-state index is 0.0167. The van der Waals surface area contributed by atoms with Crippen LogP contribution < -0.4 is 5.32 Å². The number of carbonyl (C=O) groups excluding carboxylic acids is 3. The molecule has 0 saturated carbocycles. The molecule has 3 aromatic rings. The van der Waals surface area contributed by atoms with E-state index in [9.17, 15) is 14.4 Å². The monoisotopic (exact) mass is 410 g/mol. The Morgan fingerprint density at radius 1 is 1.14 bits per heavy atom. The molecule has 2 aromatic heterocycles. The van der Waals surface area contributed by atoms with Crippen molar-refractivity contribution in [1.82, 2.24) is 14.9 Å². The van der Waals surface area contributed by atoms with Gasteiger partial charge in [0, 0.05) is 35.9 Å². The third-order valence-corrected chi connectivity index (χ3v) is 5.73. The molecule has 9 heteroatoms. The first-order chi connectivity index (χ1) is 13.6. The number of thioether (sulfide) groups is 1. The second-order valence-corrected chi connectivity index (χ2v) is 7.88. The van der Waals surface area contributed by atoms with Crippen LogP contribution in [0.25, 0.3) is 17.1 Å². The molecule has 1 fully saturated rings. The van der Waals surface area contributed by atoms with Gasteiger partial charge in [-0.15, -0.1) is 11.3 Å². The number of nitrogens with zero attached hydrogens (tertiary/aromatic N) is 3. The molecule has 0 spiro atoms. The highest BCUT2D eigenvalue weighted by Crippen LogP contribution is 2.33. The van der Waals surface area contributed by atoms with E-state index in [1.165, 1.54) is 11.3 Å². The Morgan fingerprint density at radius 3 is 2.75 bits per heavy atom. The molecule has 1 aliphatic rings. The van der Waals surface area contributed by atoms with Crippen molar-refractivity contribution in [3.05, 3.63) is 57.9 Å². The quantitative estimate of drug-likeness (QED) is 0.644. The summed E-state index contributed by atoms with van der Waals surface area (Å²) in [5.41, 5.74) is 1.99. The highest BCUT2D eigenvalue weighted by atomic mass is 32.2. The van der Waals surface area contributed by atoms with E-state index in [1.807, 2.05) is 17.5 Å². The molecule has 7 nitrogen and oxygen atoms in total. The van der Waals surface area contributed by atoms with Gasteiger partial charge >= 0.3 is 0 Å². The van der Waals surface area contributed by atoms with Crippen molar-refractivity contribution in [2.45, 2.75) is 6.42 Å². The van der Waals surface area contributed by atoms with Gasteiger partial charge in [-0.2, -0.15) is 0 Å². The minimum Gasteiger partial charge on any atom is -0.326 e. The number of rotatable bonds is 5. The number of anilines is 1. The molecule has 4 rings (SSSR count). The van der Waals surface area contributed by atoms with Crippen LogP contribution in [0.15, 0.2) is 53.0 Å². The summed E-state index contributed by atoms with van der Waals surface area (Å²) in [6.07, 6.45) is 4.90. The number of amides is 3. The van der Waals surface area contributed by atoms with Gasteiger partial charge in [0.25, 0.3) is 11.1 Å². The van der Waals surface area contributed by atoms with Gasteiger partial charge in [-0.1, -0.05) is 6.07 Å². The zero-order chi connectivity index (χ0) is 19.5. The molecule has 140 valence electrons. The number of fused-ring (bicyclic) bond motifs is 1. The van der Waals surface area contributed by atoms with Crippen molar-refractivity contribution in [1.29, 1.82) is 0 Å². The topological polar surface area (TPSA) is 92.3 Å². The van der Waals surface area contributed by atoms with Gasteiger partial charge in [0.2, 0.25) is 5.91 Å². The van der Waals surface area contributed by atoms with Crippen molar-refractivity contribution in [2.75, 3.05) is 11.9 Å². The Labute approximate surface area is 168 Å². The first-order valence-electron chi connectivity index (χ1n) is 8.40. The number of hydrogen-bond acceptors (Lipinski definition) is 7. The maximum absolute atomic E-state index is 12.4. The average Bonchev–Trinajstić information content (AvgIpc) is 3.29. The van der Waals surface area contributed by atoms with Gasteiger partial charge in [0.1, 0.15) is 0 Å². The second kappa shape index (κ2) is 7.91. The fourth-order valence-electron chi connectivity index (χ4n) is 2.67. The predicted molar refractivity (Wildman–Crippen MR) is 110 cm³/mol. The first-order valence-corrected chi connectivity index (χ1v) is 10.1. The van der Waals surface area contributed by atoms with Crippen LogP contribution in [-0.2, 0) is 9.59 Å². The number of aromatic nitrogens is 2.